The fourth-order valence-electron chi connectivity index (χ4n) is 3.17. The molecule has 0 fully saturated rings. The molecule has 2 heterocycles. The number of nitrogens with zero attached hydrogens (tertiary/aromatic N) is 3. The molecule has 0 saturated heterocycles. The van der Waals surface area contributed by atoms with Gasteiger partial charge in [-0.05, 0) is 36.8 Å². The minimum absolute atomic E-state index is 0.138. The van der Waals surface area contributed by atoms with Crippen molar-refractivity contribution in [1.82, 2.24) is 20.2 Å². The first-order valence-corrected chi connectivity index (χ1v) is 8.67. The molecule has 142 valence electrons. The Morgan fingerprint density at radius 3 is 2.69 bits per heavy atom. The van der Waals surface area contributed by atoms with E-state index in [4.69, 9.17) is 0 Å². The molecule has 2 aromatic carbocycles. The number of fused-ring (bicyclic) bond motifs is 3. The van der Waals surface area contributed by atoms with Crippen molar-refractivity contribution in [3.05, 3.63) is 86.6 Å². The number of benzene rings is 2. The number of halogens is 1. The van der Waals surface area contributed by atoms with Gasteiger partial charge in [-0.25, -0.2) is 9.37 Å². The minimum atomic E-state index is -0.695. The van der Waals surface area contributed by atoms with Crippen molar-refractivity contribution < 1.29 is 9.18 Å². The number of carbonyl (C=O) groups is 1. The lowest BCUT2D eigenvalue weighted by atomic mass is 10.1. The van der Waals surface area contributed by atoms with Crippen LogP contribution in [0.3, 0.4) is 0 Å². The summed E-state index contributed by atoms with van der Waals surface area (Å²) in [5.74, 6) is -1.36. The Labute approximate surface area is 163 Å². The molecular formula is C21H14FN5O2. The van der Waals surface area contributed by atoms with Crippen LogP contribution in [0, 0.1) is 24.1 Å². The molecule has 0 aliphatic heterocycles. The van der Waals surface area contributed by atoms with Gasteiger partial charge in [-0.3, -0.25) is 19.4 Å². The summed E-state index contributed by atoms with van der Waals surface area (Å²) < 4.78 is 15.1. The molecule has 0 unspecified atom stereocenters. The first kappa shape index (κ1) is 18.1. The van der Waals surface area contributed by atoms with Crippen LogP contribution in [0.2, 0.25) is 0 Å². The predicted molar refractivity (Wildman–Crippen MR) is 105 cm³/mol. The highest BCUT2D eigenvalue weighted by molar-refractivity contribution is 5.94. The lowest BCUT2D eigenvalue weighted by Crippen LogP contribution is -2.40. The summed E-state index contributed by atoms with van der Waals surface area (Å²) in [5.41, 5.74) is 6.47. The molecule has 29 heavy (non-hydrogen) atoms. The van der Waals surface area contributed by atoms with Crippen molar-refractivity contribution in [2.45, 2.75) is 6.92 Å². The first-order chi connectivity index (χ1) is 14.0. The largest absolute Gasteiger partial charge is 0.305 e. The second-order valence-corrected chi connectivity index (χ2v) is 6.31. The van der Waals surface area contributed by atoms with Gasteiger partial charge in [-0.15, -0.1) is 0 Å². The van der Waals surface area contributed by atoms with E-state index < -0.39 is 17.3 Å². The molecule has 4 aromatic rings. The van der Waals surface area contributed by atoms with E-state index in [0.29, 0.717) is 16.6 Å². The Kier molecular flexibility index (Phi) is 4.41. The van der Waals surface area contributed by atoms with Crippen LogP contribution >= 0.6 is 0 Å². The number of carbonyl (C=O) groups excluding carboxylic acids is 1. The van der Waals surface area contributed by atoms with Crippen LogP contribution in [0.5, 0.6) is 0 Å². The molecule has 8 heteroatoms. The molecule has 0 saturated carbocycles. The molecule has 2 aromatic heterocycles. The number of hydrogen-bond acceptors (Lipinski definition) is 5. The van der Waals surface area contributed by atoms with Crippen molar-refractivity contribution in [2.75, 3.05) is 0 Å². The molecule has 7 nitrogen and oxygen atoms in total. The number of nitrogens with one attached hydrogen (secondary N) is 2. The van der Waals surface area contributed by atoms with E-state index in [-0.39, 0.29) is 22.0 Å². The zero-order valence-electron chi connectivity index (χ0n) is 15.2. The van der Waals surface area contributed by atoms with E-state index in [1.807, 2.05) is 0 Å². The van der Waals surface area contributed by atoms with Gasteiger partial charge in [0.2, 0.25) is 0 Å². The van der Waals surface area contributed by atoms with Crippen LogP contribution in [0.4, 0.5) is 4.39 Å². The van der Waals surface area contributed by atoms with Crippen molar-refractivity contribution in [2.24, 2.45) is 0 Å². The van der Waals surface area contributed by atoms with Crippen LogP contribution in [-0.2, 0) is 0 Å². The van der Waals surface area contributed by atoms with Gasteiger partial charge in [-0.1, -0.05) is 24.3 Å². The molecule has 0 aliphatic rings. The highest BCUT2D eigenvalue weighted by Gasteiger charge is 2.16. The number of imidazole rings is 1. The maximum absolute atomic E-state index is 13.7. The number of amides is 1. The maximum atomic E-state index is 13.7. The third-order valence-electron chi connectivity index (χ3n) is 4.63. The quantitative estimate of drug-likeness (QED) is 0.520. The topological polar surface area (TPSA) is 99.3 Å². The van der Waals surface area contributed by atoms with Gasteiger partial charge in [0.05, 0.1) is 27.4 Å². The zero-order valence-corrected chi connectivity index (χ0v) is 15.2. The van der Waals surface area contributed by atoms with Crippen LogP contribution in [0.15, 0.2) is 53.3 Å². The first-order valence-electron chi connectivity index (χ1n) is 8.67. The maximum Gasteiger partial charge on any atom is 0.272 e. The van der Waals surface area contributed by atoms with Gasteiger partial charge in [0, 0.05) is 6.20 Å². The number of aromatic nitrogens is 2. The summed E-state index contributed by atoms with van der Waals surface area (Å²) in [6.45, 7) is 1.63. The van der Waals surface area contributed by atoms with Gasteiger partial charge in [0.1, 0.15) is 11.9 Å². The summed E-state index contributed by atoms with van der Waals surface area (Å²) in [7, 11) is 0. The summed E-state index contributed by atoms with van der Waals surface area (Å²) in [6, 6.07) is 14.7. The lowest BCUT2D eigenvalue weighted by Gasteiger charge is -2.06. The summed E-state index contributed by atoms with van der Waals surface area (Å²) in [4.78, 5) is 29.6. The number of rotatable bonds is 3. The van der Waals surface area contributed by atoms with Crippen molar-refractivity contribution in [1.29, 1.82) is 5.26 Å². The summed E-state index contributed by atoms with van der Waals surface area (Å²) in [5, 5.41) is 9.78. The predicted octanol–water partition coefficient (Wildman–Crippen LogP) is 1.56. The molecule has 0 bridgehead atoms. The van der Waals surface area contributed by atoms with Gasteiger partial charge < -0.3 is 5.43 Å². The van der Waals surface area contributed by atoms with Crippen molar-refractivity contribution >= 4 is 28.8 Å². The summed E-state index contributed by atoms with van der Waals surface area (Å²) in [6.07, 6.45) is 1.28. The smallest absolute Gasteiger partial charge is 0.272 e. The number of hydrogen-bond donors (Lipinski definition) is 2. The van der Waals surface area contributed by atoms with Crippen LogP contribution < -0.4 is 21.6 Å². The molecule has 0 spiro atoms. The molecule has 0 atom stereocenters. The standard InChI is InChI=1S/C21H14FN5O2/c1-12-14(10-23)19-25-17-8-4-5-9-18(17)27(19)21(29)15(12)11-24-26-20(28)13-6-2-3-7-16(13)22/h2-9,11,24H,1H3,(H,26,28). The average molecular weight is 387 g/mol. The van der Waals surface area contributed by atoms with Crippen LogP contribution in [-0.4, -0.2) is 15.3 Å². The zero-order chi connectivity index (χ0) is 20.5. The van der Waals surface area contributed by atoms with Crippen LogP contribution in [0.1, 0.15) is 21.5 Å². The van der Waals surface area contributed by atoms with Gasteiger partial charge >= 0.3 is 0 Å². The van der Waals surface area contributed by atoms with E-state index in [2.05, 4.69) is 21.9 Å². The van der Waals surface area contributed by atoms with Gasteiger partial charge in [0.25, 0.3) is 11.5 Å². The Hall–Kier alpha value is -4.25. The van der Waals surface area contributed by atoms with E-state index in [9.17, 15) is 19.2 Å². The number of nitriles is 1. The van der Waals surface area contributed by atoms with Gasteiger partial charge in [-0.2, -0.15) is 5.26 Å². The third kappa shape index (κ3) is 2.95. The Morgan fingerprint density at radius 1 is 1.21 bits per heavy atom. The fraction of sp³-hybridized carbons (Fsp3) is 0.0476. The second kappa shape index (κ2) is 7.05. The van der Waals surface area contributed by atoms with E-state index in [1.54, 1.807) is 37.3 Å². The molecule has 4 rings (SSSR count). The molecular weight excluding hydrogens is 373 g/mol. The second-order valence-electron chi connectivity index (χ2n) is 6.31. The third-order valence-corrected chi connectivity index (χ3v) is 4.63. The highest BCUT2D eigenvalue weighted by Crippen LogP contribution is 2.17. The number of hydrazine groups is 1. The normalized spacial score (nSPS) is 11.6. The highest BCUT2D eigenvalue weighted by atomic mass is 19.1. The molecule has 0 aliphatic carbocycles. The van der Waals surface area contributed by atoms with Crippen LogP contribution in [0.25, 0.3) is 22.9 Å². The monoisotopic (exact) mass is 387 g/mol. The van der Waals surface area contributed by atoms with Crippen molar-refractivity contribution in [3.63, 3.8) is 0 Å². The van der Waals surface area contributed by atoms with Gasteiger partial charge in [0.15, 0.2) is 5.65 Å². The van der Waals surface area contributed by atoms with Crippen molar-refractivity contribution in [3.8, 4) is 6.07 Å². The Bertz CT molecular complexity index is 1440. The molecule has 1 amide bonds. The van der Waals surface area contributed by atoms with E-state index in [0.717, 1.165) is 0 Å². The number of pyridine rings is 1. The summed E-state index contributed by atoms with van der Waals surface area (Å²) >= 11 is 0. The Balaban J connectivity index is 1.80. The SMILES string of the molecule is Cc1c(C#N)c2nc3ccccc3n2c(=O)c1=CNNC(=O)c1ccccc1F. The fourth-order valence-corrected chi connectivity index (χ4v) is 3.17. The molecule has 0 radical (unpaired) electrons. The van der Waals surface area contributed by atoms with E-state index in [1.165, 1.54) is 28.8 Å². The number of para-hydroxylation sites is 2. The minimum Gasteiger partial charge on any atom is -0.305 e. The average Bonchev–Trinajstić information content (AvgIpc) is 3.10. The Morgan fingerprint density at radius 2 is 1.93 bits per heavy atom. The lowest BCUT2D eigenvalue weighted by molar-refractivity contribution is 0.0939. The van der Waals surface area contributed by atoms with E-state index >= 15 is 0 Å². The molecule has 2 N–H and O–H groups in total.